The minimum Gasteiger partial charge on any atom is -0.231 e. The third kappa shape index (κ3) is 12.4. The molecule has 0 heterocycles. The maximum Gasteiger partial charge on any atom is 0.804 e. The van der Waals surface area contributed by atoms with Gasteiger partial charge in [0.05, 0.1) is 0 Å². The van der Waals surface area contributed by atoms with Crippen LogP contribution >= 0.6 is 54.7 Å². The highest BCUT2D eigenvalue weighted by atomic mass is 35.5. The molecule has 0 aromatic carbocycles. The lowest BCUT2D eigenvalue weighted by molar-refractivity contribution is 0.354. The average molecular weight is 327 g/mol. The lowest BCUT2D eigenvalue weighted by Gasteiger charge is -1.90. The van der Waals surface area contributed by atoms with Gasteiger partial charge in [0.15, 0.2) is 12.5 Å². The summed E-state index contributed by atoms with van der Waals surface area (Å²) in [4.78, 5) is -1.02. The molecule has 92 valence electrons. The van der Waals surface area contributed by atoms with E-state index in [9.17, 15) is 4.57 Å². The number of hydrogen-bond acceptors (Lipinski definition) is 3. The van der Waals surface area contributed by atoms with Gasteiger partial charge < -0.3 is 0 Å². The molecule has 0 spiro atoms. The number of allylic oxidation sites excluding steroid dienone is 2. The lowest BCUT2D eigenvalue weighted by Crippen LogP contribution is -1.81. The molecule has 0 bridgehead atoms. The van der Waals surface area contributed by atoms with Gasteiger partial charge >= 0.3 is 8.25 Å². The maximum absolute atomic E-state index is 11.0. The topological polar surface area (TPSA) is 35.5 Å². The third-order valence-corrected chi connectivity index (χ3v) is 2.42. The normalized spacial score (nSPS) is 13.0. The minimum atomic E-state index is -2.24. The first-order valence-corrected chi connectivity index (χ1v) is 7.03. The van der Waals surface area contributed by atoms with Crippen LogP contribution in [0.2, 0.25) is 0 Å². The molecule has 0 aliphatic heterocycles. The Kier molecular flexibility index (Phi) is 10.7. The zero-order valence-corrected chi connectivity index (χ0v) is 12.0. The zero-order valence-electron chi connectivity index (χ0n) is 8.06. The second-order valence-corrected chi connectivity index (χ2v) is 5.85. The first kappa shape index (κ1) is 16.3. The van der Waals surface area contributed by atoms with E-state index in [0.29, 0.717) is 12.8 Å². The maximum atomic E-state index is 11.0. The molecule has 0 aliphatic rings. The van der Waals surface area contributed by atoms with Crippen LogP contribution in [0.5, 0.6) is 0 Å². The largest absolute Gasteiger partial charge is 0.804 e. The van der Waals surface area contributed by atoms with E-state index < -0.39 is 17.9 Å². The summed E-state index contributed by atoms with van der Waals surface area (Å²) in [7, 11) is -2.24. The lowest BCUT2D eigenvalue weighted by atomic mass is 10.5. The van der Waals surface area contributed by atoms with Gasteiger partial charge in [-0.05, 0) is 25.0 Å². The predicted molar refractivity (Wildman–Crippen MR) is 68.3 cm³/mol. The molecular formula is C8H10Cl4O3P+. The van der Waals surface area contributed by atoms with Crippen molar-refractivity contribution in [3.63, 3.8) is 0 Å². The molecule has 0 aliphatic carbocycles. The van der Waals surface area contributed by atoms with Crippen LogP contribution in [0.15, 0.2) is 24.7 Å². The molecule has 16 heavy (non-hydrogen) atoms. The van der Waals surface area contributed by atoms with Gasteiger partial charge in [0.1, 0.15) is 9.67 Å². The fourth-order valence-electron chi connectivity index (χ4n) is 0.527. The molecule has 3 nitrogen and oxygen atoms in total. The van der Waals surface area contributed by atoms with Gasteiger partial charge in [-0.3, -0.25) is 0 Å². The Balaban J connectivity index is 3.59. The second-order valence-electron chi connectivity index (χ2n) is 2.43. The Morgan fingerprint density at radius 1 is 0.938 bits per heavy atom. The fraction of sp³-hybridized carbons (Fsp3) is 0.500. The van der Waals surface area contributed by atoms with E-state index in [0.717, 1.165) is 0 Å². The van der Waals surface area contributed by atoms with E-state index in [4.69, 9.17) is 46.4 Å². The Hall–Kier alpha value is 0.340. The number of rotatable bonds is 8. The summed E-state index contributed by atoms with van der Waals surface area (Å²) in [6.07, 6.45) is 6.33. The van der Waals surface area contributed by atoms with Crippen LogP contribution < -0.4 is 0 Å². The van der Waals surface area contributed by atoms with E-state index in [2.05, 4.69) is 9.05 Å². The zero-order chi connectivity index (χ0) is 12.4. The van der Waals surface area contributed by atoms with Crippen molar-refractivity contribution in [2.45, 2.75) is 22.5 Å². The molecule has 0 amide bonds. The smallest absolute Gasteiger partial charge is 0.231 e. The van der Waals surface area contributed by atoms with Crippen molar-refractivity contribution in [1.82, 2.24) is 0 Å². The van der Waals surface area contributed by atoms with Crippen molar-refractivity contribution in [3.05, 3.63) is 24.7 Å². The van der Waals surface area contributed by atoms with Gasteiger partial charge in [0, 0.05) is 4.57 Å². The van der Waals surface area contributed by atoms with Gasteiger partial charge in [-0.2, -0.15) is 0 Å². The summed E-state index contributed by atoms with van der Waals surface area (Å²) >= 11 is 21.8. The Bertz CT molecular complexity index is 232. The number of hydrogen-bond donors (Lipinski definition) is 0. The molecule has 0 radical (unpaired) electrons. The highest BCUT2D eigenvalue weighted by Gasteiger charge is 2.16. The molecule has 0 saturated heterocycles. The van der Waals surface area contributed by atoms with Crippen LogP contribution in [-0.4, -0.2) is 9.67 Å². The van der Waals surface area contributed by atoms with Crippen LogP contribution in [-0.2, 0) is 13.6 Å². The van der Waals surface area contributed by atoms with E-state index in [1.54, 1.807) is 12.2 Å². The second kappa shape index (κ2) is 10.5. The van der Waals surface area contributed by atoms with Crippen LogP contribution in [0, 0.1) is 0 Å². The number of halogens is 4. The van der Waals surface area contributed by atoms with Crippen molar-refractivity contribution in [3.8, 4) is 0 Å². The van der Waals surface area contributed by atoms with Gasteiger partial charge in [-0.1, -0.05) is 0 Å². The van der Waals surface area contributed by atoms with Crippen LogP contribution in [0.25, 0.3) is 0 Å². The SMILES string of the molecule is O=[P+](OC=CCC(Cl)Cl)OC=CCC(Cl)Cl. The summed E-state index contributed by atoms with van der Waals surface area (Å²) in [6, 6.07) is 0. The fourth-order valence-corrected chi connectivity index (χ4v) is 1.36. The first-order chi connectivity index (χ1) is 7.52. The molecule has 0 atom stereocenters. The van der Waals surface area contributed by atoms with Gasteiger partial charge in [0.2, 0.25) is 0 Å². The molecule has 0 aromatic heterocycles. The Morgan fingerprint density at radius 3 is 1.62 bits per heavy atom. The van der Waals surface area contributed by atoms with Crippen molar-refractivity contribution in [1.29, 1.82) is 0 Å². The molecule has 0 saturated carbocycles. The number of alkyl halides is 4. The standard InChI is InChI=1S/C8H10Cl4O3P/c9-7(10)3-1-5-14-16(13)15-6-2-4-8(11)12/h1-2,5-8H,3-4H2/q+1. The molecule has 0 aromatic rings. The third-order valence-electron chi connectivity index (χ3n) is 1.11. The molecule has 0 N–H and O–H groups in total. The monoisotopic (exact) mass is 325 g/mol. The highest BCUT2D eigenvalue weighted by molar-refractivity contribution is 7.33. The van der Waals surface area contributed by atoms with Gasteiger partial charge in [0.25, 0.3) is 0 Å². The van der Waals surface area contributed by atoms with E-state index in [1.165, 1.54) is 12.5 Å². The van der Waals surface area contributed by atoms with Crippen molar-refractivity contribution in [2.75, 3.05) is 0 Å². The molecule has 0 unspecified atom stereocenters. The van der Waals surface area contributed by atoms with Crippen molar-refractivity contribution < 1.29 is 13.6 Å². The van der Waals surface area contributed by atoms with E-state index in [-0.39, 0.29) is 0 Å². The molecule has 0 fully saturated rings. The molecule has 0 rings (SSSR count). The summed E-state index contributed by atoms with van der Waals surface area (Å²) in [5.41, 5.74) is 0. The first-order valence-electron chi connectivity index (χ1n) is 4.19. The summed E-state index contributed by atoms with van der Waals surface area (Å²) < 4.78 is 20.3. The Labute approximate surface area is 115 Å². The minimum absolute atomic E-state index is 0.405. The van der Waals surface area contributed by atoms with Gasteiger partial charge in [-0.15, -0.1) is 46.4 Å². The molecular weight excluding hydrogens is 317 g/mol. The molecule has 8 heteroatoms. The van der Waals surface area contributed by atoms with Crippen LogP contribution in [0.3, 0.4) is 0 Å². The average Bonchev–Trinajstić information content (AvgIpc) is 2.19. The highest BCUT2D eigenvalue weighted by Crippen LogP contribution is 2.25. The summed E-state index contributed by atoms with van der Waals surface area (Å²) in [6.45, 7) is 0. The van der Waals surface area contributed by atoms with Crippen LogP contribution in [0.1, 0.15) is 12.8 Å². The van der Waals surface area contributed by atoms with Crippen molar-refractivity contribution >= 4 is 54.7 Å². The Morgan fingerprint density at radius 2 is 1.31 bits per heavy atom. The summed E-state index contributed by atoms with van der Waals surface area (Å²) in [5.74, 6) is 0. The van der Waals surface area contributed by atoms with E-state index >= 15 is 0 Å². The van der Waals surface area contributed by atoms with Crippen LogP contribution in [0.4, 0.5) is 0 Å². The van der Waals surface area contributed by atoms with Gasteiger partial charge in [-0.25, -0.2) is 9.05 Å². The quantitative estimate of drug-likeness (QED) is 0.354. The predicted octanol–water partition coefficient (Wildman–Crippen LogP) is 5.09. The van der Waals surface area contributed by atoms with E-state index in [1.807, 2.05) is 0 Å². The van der Waals surface area contributed by atoms with Crippen molar-refractivity contribution in [2.24, 2.45) is 0 Å². The summed E-state index contributed by atoms with van der Waals surface area (Å²) in [5, 5.41) is 0.